The highest BCUT2D eigenvalue weighted by molar-refractivity contribution is 6.12. The van der Waals surface area contributed by atoms with Crippen LogP contribution in [0.1, 0.15) is 0 Å². The number of rotatable bonds is 1. The van der Waals surface area contributed by atoms with Gasteiger partial charge in [-0.1, -0.05) is 30.3 Å². The monoisotopic (exact) mass is 364 g/mol. The first-order chi connectivity index (χ1) is 13.7. The van der Waals surface area contributed by atoms with Crippen LogP contribution in [0.15, 0.2) is 85.6 Å². The van der Waals surface area contributed by atoms with Crippen LogP contribution in [0, 0.1) is 0 Å². The molecule has 0 N–H and O–H groups in total. The third-order valence-electron chi connectivity index (χ3n) is 5.71. The Hall–Kier alpha value is -3.66. The summed E-state index contributed by atoms with van der Waals surface area (Å²) in [5.41, 5.74) is 6.04. The topological polar surface area (TPSA) is 17.1 Å². The van der Waals surface area contributed by atoms with E-state index >= 15 is 0 Å². The number of aromatic nitrogens is 4. The number of hydrogen-bond acceptors (Lipinski definition) is 0. The van der Waals surface area contributed by atoms with Gasteiger partial charge in [-0.2, -0.15) is 8.97 Å². The van der Waals surface area contributed by atoms with Gasteiger partial charge in [-0.05, 0) is 35.7 Å². The molecule has 0 bridgehead atoms. The fraction of sp³-hybridized carbons (Fsp3) is 0.0833. The molecule has 6 rings (SSSR count). The molecule has 6 aromatic rings. The van der Waals surface area contributed by atoms with Crippen molar-refractivity contribution in [2.45, 2.75) is 0 Å². The van der Waals surface area contributed by atoms with Crippen molar-refractivity contribution in [3.8, 4) is 5.69 Å². The lowest BCUT2D eigenvalue weighted by Gasteiger charge is -2.05. The third kappa shape index (κ3) is 2.00. The van der Waals surface area contributed by atoms with Crippen molar-refractivity contribution < 1.29 is 9.13 Å². The number of para-hydroxylation sites is 2. The summed E-state index contributed by atoms with van der Waals surface area (Å²) in [6.45, 7) is 0. The van der Waals surface area contributed by atoms with Crippen molar-refractivity contribution in [2.24, 2.45) is 14.1 Å². The van der Waals surface area contributed by atoms with Crippen LogP contribution in [0.25, 0.3) is 43.9 Å². The van der Waals surface area contributed by atoms with Crippen LogP contribution in [0.5, 0.6) is 0 Å². The summed E-state index contributed by atoms with van der Waals surface area (Å²) in [4.78, 5) is 0. The van der Waals surface area contributed by atoms with Crippen LogP contribution in [-0.2, 0) is 14.1 Å². The molecule has 4 heteroatoms. The second-order valence-electron chi connectivity index (χ2n) is 7.50. The minimum Gasteiger partial charge on any atom is -0.238 e. The molecule has 0 aliphatic carbocycles. The van der Waals surface area contributed by atoms with E-state index in [4.69, 9.17) is 0 Å². The van der Waals surface area contributed by atoms with E-state index in [1.54, 1.807) is 0 Å². The molecular weight excluding hydrogens is 344 g/mol. The lowest BCUT2D eigenvalue weighted by molar-refractivity contribution is -0.669. The maximum Gasteiger partial charge on any atom is 0.249 e. The van der Waals surface area contributed by atoms with Crippen molar-refractivity contribution >= 4 is 38.2 Å². The maximum absolute atomic E-state index is 2.30. The fourth-order valence-corrected chi connectivity index (χ4v) is 4.43. The predicted octanol–water partition coefficient (Wildman–Crippen LogP) is 3.84. The molecule has 0 fully saturated rings. The fourth-order valence-electron chi connectivity index (χ4n) is 4.43. The minimum absolute atomic E-state index is 1.16. The predicted molar refractivity (Wildman–Crippen MR) is 112 cm³/mol. The molecule has 134 valence electrons. The van der Waals surface area contributed by atoms with Crippen LogP contribution < -0.4 is 9.13 Å². The highest BCUT2D eigenvalue weighted by Crippen LogP contribution is 2.30. The third-order valence-corrected chi connectivity index (χ3v) is 5.71. The van der Waals surface area contributed by atoms with Crippen LogP contribution in [0.3, 0.4) is 0 Å². The Bertz CT molecular complexity index is 1540. The first-order valence-electron chi connectivity index (χ1n) is 9.48. The first-order valence-corrected chi connectivity index (χ1v) is 9.48. The quantitative estimate of drug-likeness (QED) is 0.312. The molecule has 0 saturated heterocycles. The molecule has 0 amide bonds. The van der Waals surface area contributed by atoms with E-state index in [9.17, 15) is 0 Å². The van der Waals surface area contributed by atoms with E-state index in [1.165, 1.54) is 38.2 Å². The molecule has 0 aliphatic rings. The van der Waals surface area contributed by atoms with Gasteiger partial charge >= 0.3 is 0 Å². The standard InChI is InChI=1S/C24H20N4/c1-25-14-24-19-8-4-3-7-18(19)20-12-11-17(13-23(20)28(24)15-25)27-16-26(2)21-9-5-6-10-22(21)27/h3-16H,1-2H3/q+2. The number of imidazole rings is 2. The lowest BCUT2D eigenvalue weighted by atomic mass is 10.0. The molecule has 0 saturated carbocycles. The number of nitrogens with zero attached hydrogens (tertiary/aromatic N) is 4. The van der Waals surface area contributed by atoms with Gasteiger partial charge in [-0.3, -0.25) is 0 Å². The number of benzene rings is 3. The Morgan fingerprint density at radius 1 is 0.679 bits per heavy atom. The second kappa shape index (κ2) is 5.42. The Kier molecular flexibility index (Phi) is 2.98. The Morgan fingerprint density at radius 2 is 1.43 bits per heavy atom. The van der Waals surface area contributed by atoms with E-state index in [0.29, 0.717) is 0 Å². The van der Waals surface area contributed by atoms with E-state index in [1.807, 2.05) is 0 Å². The zero-order valence-electron chi connectivity index (χ0n) is 15.9. The Morgan fingerprint density at radius 3 is 2.32 bits per heavy atom. The van der Waals surface area contributed by atoms with Gasteiger partial charge in [0.25, 0.3) is 0 Å². The van der Waals surface area contributed by atoms with Gasteiger partial charge in [0.15, 0.2) is 16.6 Å². The van der Waals surface area contributed by atoms with Gasteiger partial charge in [0, 0.05) is 16.8 Å². The summed E-state index contributed by atoms with van der Waals surface area (Å²) in [5, 5.41) is 3.84. The van der Waals surface area contributed by atoms with Gasteiger partial charge in [0.1, 0.15) is 17.4 Å². The molecule has 3 aromatic carbocycles. The van der Waals surface area contributed by atoms with E-state index < -0.39 is 0 Å². The normalized spacial score (nSPS) is 11.9. The molecule has 4 nitrogen and oxygen atoms in total. The summed E-state index contributed by atoms with van der Waals surface area (Å²) < 4.78 is 8.86. The summed E-state index contributed by atoms with van der Waals surface area (Å²) in [6, 6.07) is 23.9. The van der Waals surface area contributed by atoms with Crippen LogP contribution in [-0.4, -0.2) is 8.97 Å². The summed E-state index contributed by atoms with van der Waals surface area (Å²) >= 11 is 0. The van der Waals surface area contributed by atoms with E-state index in [-0.39, 0.29) is 0 Å². The SMILES string of the molecule is C[n+]1cc2c3ccccc3c3ccc(-n4c[n+](C)c5ccccc54)cc3n2c1. The number of hydrogen-bond donors (Lipinski definition) is 0. The number of pyridine rings is 1. The largest absolute Gasteiger partial charge is 0.249 e. The van der Waals surface area contributed by atoms with Gasteiger partial charge in [0.05, 0.1) is 14.1 Å². The molecule has 0 radical (unpaired) electrons. The molecule has 0 unspecified atom stereocenters. The van der Waals surface area contributed by atoms with Crippen LogP contribution in [0.2, 0.25) is 0 Å². The van der Waals surface area contributed by atoms with E-state index in [2.05, 4.69) is 118 Å². The van der Waals surface area contributed by atoms with Crippen LogP contribution >= 0.6 is 0 Å². The van der Waals surface area contributed by atoms with Crippen molar-refractivity contribution in [3.63, 3.8) is 0 Å². The molecule has 0 aliphatic heterocycles. The van der Waals surface area contributed by atoms with Crippen molar-refractivity contribution in [3.05, 3.63) is 85.6 Å². The van der Waals surface area contributed by atoms with Gasteiger partial charge < -0.3 is 0 Å². The maximum atomic E-state index is 2.30. The van der Waals surface area contributed by atoms with Crippen LogP contribution in [0.4, 0.5) is 0 Å². The highest BCUT2D eigenvalue weighted by atomic mass is 15.1. The zero-order valence-corrected chi connectivity index (χ0v) is 15.9. The molecule has 28 heavy (non-hydrogen) atoms. The lowest BCUT2D eigenvalue weighted by Crippen LogP contribution is -2.25. The molecule has 0 spiro atoms. The van der Waals surface area contributed by atoms with Gasteiger partial charge in [0.2, 0.25) is 12.7 Å². The molecule has 3 aromatic heterocycles. The molecule has 0 atom stereocenters. The second-order valence-corrected chi connectivity index (χ2v) is 7.50. The van der Waals surface area contributed by atoms with E-state index in [0.717, 1.165) is 5.69 Å². The molecular formula is C24H20N4+2. The Balaban J connectivity index is 1.75. The van der Waals surface area contributed by atoms with Crippen molar-refractivity contribution in [1.29, 1.82) is 0 Å². The first kappa shape index (κ1) is 15.4. The Labute approximate surface area is 162 Å². The summed E-state index contributed by atoms with van der Waals surface area (Å²) in [6.07, 6.45) is 6.50. The average molecular weight is 364 g/mol. The van der Waals surface area contributed by atoms with Gasteiger partial charge in [-0.15, -0.1) is 0 Å². The summed E-state index contributed by atoms with van der Waals surface area (Å²) in [5.74, 6) is 0. The molecule has 3 heterocycles. The average Bonchev–Trinajstić information content (AvgIpc) is 3.28. The van der Waals surface area contributed by atoms with Crippen molar-refractivity contribution in [1.82, 2.24) is 8.97 Å². The highest BCUT2D eigenvalue weighted by Gasteiger charge is 2.19. The van der Waals surface area contributed by atoms with Crippen molar-refractivity contribution in [2.75, 3.05) is 0 Å². The number of aryl methyl sites for hydroxylation is 2. The zero-order chi connectivity index (χ0) is 18.8. The summed E-state index contributed by atoms with van der Waals surface area (Å²) in [7, 11) is 4.18. The smallest absolute Gasteiger partial charge is 0.238 e. The minimum atomic E-state index is 1.16. The number of fused-ring (bicyclic) bond motifs is 7. The van der Waals surface area contributed by atoms with Gasteiger partial charge in [-0.25, -0.2) is 9.13 Å².